The Hall–Kier alpha value is -3.08. The number of aryl methyl sites for hydroxylation is 1. The van der Waals surface area contributed by atoms with Crippen molar-refractivity contribution >= 4 is 11.6 Å². The Morgan fingerprint density at radius 3 is 2.50 bits per heavy atom. The molecule has 1 N–H and O–H groups in total. The molecule has 0 bridgehead atoms. The summed E-state index contributed by atoms with van der Waals surface area (Å²) in [7, 11) is 1.60. The topological polar surface area (TPSA) is 56.1 Å². The van der Waals surface area contributed by atoms with E-state index in [1.807, 2.05) is 55.8 Å². The second-order valence-corrected chi connectivity index (χ2v) is 6.28. The molecule has 0 atom stereocenters. The van der Waals surface area contributed by atoms with Gasteiger partial charge in [-0.05, 0) is 38.5 Å². The van der Waals surface area contributed by atoms with Crippen molar-refractivity contribution in [3.05, 3.63) is 76.6 Å². The van der Waals surface area contributed by atoms with E-state index in [1.165, 1.54) is 5.56 Å². The van der Waals surface area contributed by atoms with Crippen molar-refractivity contribution in [2.75, 3.05) is 12.4 Å². The summed E-state index contributed by atoms with van der Waals surface area (Å²) in [6.45, 7) is 6.42. The van der Waals surface area contributed by atoms with Gasteiger partial charge in [0.05, 0.1) is 30.7 Å². The third kappa shape index (κ3) is 3.47. The number of hydrogen-bond donors (Lipinski definition) is 1. The largest absolute Gasteiger partial charge is 0.496 e. The van der Waals surface area contributed by atoms with Crippen LogP contribution in [0.3, 0.4) is 0 Å². The normalized spacial score (nSPS) is 10.6. The van der Waals surface area contributed by atoms with Crippen LogP contribution < -0.4 is 10.1 Å². The van der Waals surface area contributed by atoms with Crippen LogP contribution in [0.1, 0.15) is 32.9 Å². The van der Waals surface area contributed by atoms with Crippen LogP contribution in [0, 0.1) is 20.8 Å². The van der Waals surface area contributed by atoms with Crippen LogP contribution in [-0.4, -0.2) is 22.8 Å². The predicted molar refractivity (Wildman–Crippen MR) is 103 cm³/mol. The number of benzene rings is 2. The molecule has 0 fully saturated rings. The van der Waals surface area contributed by atoms with Crippen molar-refractivity contribution < 1.29 is 9.53 Å². The maximum absolute atomic E-state index is 12.8. The lowest BCUT2D eigenvalue weighted by Crippen LogP contribution is -2.15. The third-order valence-electron chi connectivity index (χ3n) is 4.54. The first-order valence-corrected chi connectivity index (χ1v) is 8.54. The van der Waals surface area contributed by atoms with Gasteiger partial charge < -0.3 is 10.1 Å². The molecular weight excluding hydrogens is 326 g/mol. The monoisotopic (exact) mass is 349 g/mol. The molecule has 134 valence electrons. The average Bonchev–Trinajstić information content (AvgIpc) is 2.90. The number of nitrogens with zero attached hydrogens (tertiary/aromatic N) is 2. The van der Waals surface area contributed by atoms with E-state index in [0.717, 1.165) is 22.6 Å². The molecule has 2 aromatic carbocycles. The summed E-state index contributed by atoms with van der Waals surface area (Å²) in [5.74, 6) is 0.540. The summed E-state index contributed by atoms with van der Waals surface area (Å²) in [5, 5.41) is 7.60. The van der Waals surface area contributed by atoms with Gasteiger partial charge in [0.1, 0.15) is 5.75 Å². The predicted octanol–water partition coefficient (Wildman–Crippen LogP) is 4.12. The molecule has 1 heterocycles. The molecule has 0 aliphatic carbocycles. The molecule has 5 heteroatoms. The van der Waals surface area contributed by atoms with E-state index in [2.05, 4.69) is 22.5 Å². The van der Waals surface area contributed by atoms with Gasteiger partial charge in [0.2, 0.25) is 0 Å². The number of hydrogen-bond acceptors (Lipinski definition) is 3. The molecule has 0 spiro atoms. The van der Waals surface area contributed by atoms with Crippen LogP contribution in [0.4, 0.5) is 5.69 Å². The van der Waals surface area contributed by atoms with Gasteiger partial charge in [-0.15, -0.1) is 0 Å². The van der Waals surface area contributed by atoms with E-state index >= 15 is 0 Å². The zero-order chi connectivity index (χ0) is 18.7. The highest BCUT2D eigenvalue weighted by molar-refractivity contribution is 6.06. The van der Waals surface area contributed by atoms with Crippen LogP contribution >= 0.6 is 0 Å². The van der Waals surface area contributed by atoms with E-state index in [1.54, 1.807) is 13.2 Å². The molecular formula is C21H23N3O2. The lowest BCUT2D eigenvalue weighted by Gasteiger charge is -2.11. The van der Waals surface area contributed by atoms with Crippen molar-refractivity contribution in [3.8, 4) is 5.75 Å². The Bertz CT molecular complexity index is 930. The molecule has 26 heavy (non-hydrogen) atoms. The van der Waals surface area contributed by atoms with Crippen molar-refractivity contribution in [2.45, 2.75) is 27.3 Å². The van der Waals surface area contributed by atoms with Crippen LogP contribution in [0.15, 0.2) is 48.5 Å². The number of anilines is 1. The standard InChI is InChI=1S/C21H23N3O2/c1-14-18(11-8-12-19(14)26-4)21(25)22-20-15(2)23-24(16(20)3)13-17-9-6-5-7-10-17/h5-12H,13H2,1-4H3,(H,22,25). The van der Waals surface area contributed by atoms with Gasteiger partial charge in [-0.1, -0.05) is 36.4 Å². The highest BCUT2D eigenvalue weighted by atomic mass is 16.5. The van der Waals surface area contributed by atoms with E-state index in [0.29, 0.717) is 17.9 Å². The molecule has 3 aromatic rings. The smallest absolute Gasteiger partial charge is 0.256 e. The van der Waals surface area contributed by atoms with E-state index in [4.69, 9.17) is 4.74 Å². The molecule has 0 saturated heterocycles. The summed E-state index contributed by atoms with van der Waals surface area (Å²) in [6.07, 6.45) is 0. The van der Waals surface area contributed by atoms with Gasteiger partial charge in [0, 0.05) is 11.1 Å². The number of carbonyl (C=O) groups is 1. The molecule has 0 unspecified atom stereocenters. The Balaban J connectivity index is 1.85. The van der Waals surface area contributed by atoms with Crippen molar-refractivity contribution in [1.29, 1.82) is 0 Å². The number of methoxy groups -OCH3 is 1. The molecule has 0 aliphatic heterocycles. The Kier molecular flexibility index (Phi) is 5.07. The van der Waals surface area contributed by atoms with Crippen LogP contribution in [0.5, 0.6) is 5.75 Å². The fraction of sp³-hybridized carbons (Fsp3) is 0.238. The highest BCUT2D eigenvalue weighted by Crippen LogP contribution is 2.24. The number of carbonyl (C=O) groups excluding carboxylic acids is 1. The number of amides is 1. The Morgan fingerprint density at radius 2 is 1.81 bits per heavy atom. The second-order valence-electron chi connectivity index (χ2n) is 6.28. The molecule has 1 amide bonds. The molecule has 0 radical (unpaired) electrons. The minimum atomic E-state index is -0.160. The first kappa shape index (κ1) is 17.7. The lowest BCUT2D eigenvalue weighted by molar-refractivity contribution is 0.102. The molecule has 0 aliphatic rings. The molecule has 0 saturated carbocycles. The van der Waals surface area contributed by atoms with Crippen molar-refractivity contribution in [1.82, 2.24) is 9.78 Å². The summed E-state index contributed by atoms with van der Waals surface area (Å²) >= 11 is 0. The fourth-order valence-electron chi connectivity index (χ4n) is 3.05. The van der Waals surface area contributed by atoms with E-state index in [9.17, 15) is 4.79 Å². The zero-order valence-electron chi connectivity index (χ0n) is 15.5. The quantitative estimate of drug-likeness (QED) is 0.754. The summed E-state index contributed by atoms with van der Waals surface area (Å²) in [6, 6.07) is 15.6. The zero-order valence-corrected chi connectivity index (χ0v) is 15.5. The van der Waals surface area contributed by atoms with Gasteiger partial charge in [0.15, 0.2) is 0 Å². The fourth-order valence-corrected chi connectivity index (χ4v) is 3.05. The SMILES string of the molecule is COc1cccc(C(=O)Nc2c(C)nn(Cc3ccccc3)c2C)c1C. The first-order chi connectivity index (χ1) is 12.5. The number of nitrogens with one attached hydrogen (secondary N) is 1. The van der Waals surface area contributed by atoms with Gasteiger partial charge in [-0.25, -0.2) is 0 Å². The number of ether oxygens (including phenoxy) is 1. The Labute approximate surface area is 153 Å². The maximum Gasteiger partial charge on any atom is 0.256 e. The lowest BCUT2D eigenvalue weighted by atomic mass is 10.1. The minimum absolute atomic E-state index is 0.160. The van der Waals surface area contributed by atoms with Gasteiger partial charge in [-0.3, -0.25) is 9.48 Å². The second kappa shape index (κ2) is 7.44. The average molecular weight is 349 g/mol. The third-order valence-corrected chi connectivity index (χ3v) is 4.54. The number of aromatic nitrogens is 2. The van der Waals surface area contributed by atoms with Gasteiger partial charge >= 0.3 is 0 Å². The van der Waals surface area contributed by atoms with E-state index < -0.39 is 0 Å². The summed E-state index contributed by atoms with van der Waals surface area (Å²) in [4.78, 5) is 12.8. The van der Waals surface area contributed by atoms with Crippen molar-refractivity contribution in [2.24, 2.45) is 0 Å². The maximum atomic E-state index is 12.8. The highest BCUT2D eigenvalue weighted by Gasteiger charge is 2.17. The molecule has 1 aromatic heterocycles. The van der Waals surface area contributed by atoms with Crippen LogP contribution in [-0.2, 0) is 6.54 Å². The van der Waals surface area contributed by atoms with E-state index in [-0.39, 0.29) is 5.91 Å². The van der Waals surface area contributed by atoms with Crippen LogP contribution in [0.25, 0.3) is 0 Å². The van der Waals surface area contributed by atoms with Crippen LogP contribution in [0.2, 0.25) is 0 Å². The Morgan fingerprint density at radius 1 is 1.08 bits per heavy atom. The molecule has 5 nitrogen and oxygen atoms in total. The summed E-state index contributed by atoms with van der Waals surface area (Å²) < 4.78 is 7.22. The number of rotatable bonds is 5. The minimum Gasteiger partial charge on any atom is -0.496 e. The van der Waals surface area contributed by atoms with Gasteiger partial charge in [0.25, 0.3) is 5.91 Å². The molecule has 3 rings (SSSR count). The first-order valence-electron chi connectivity index (χ1n) is 8.54. The summed E-state index contributed by atoms with van der Waals surface area (Å²) in [5.41, 5.74) is 5.07. The van der Waals surface area contributed by atoms with Gasteiger partial charge in [-0.2, -0.15) is 5.10 Å². The van der Waals surface area contributed by atoms with Crippen molar-refractivity contribution in [3.63, 3.8) is 0 Å².